The third-order valence-electron chi connectivity index (χ3n) is 3.95. The predicted octanol–water partition coefficient (Wildman–Crippen LogP) is 3.87. The van der Waals surface area contributed by atoms with Gasteiger partial charge in [0.15, 0.2) is 0 Å². The second-order valence-corrected chi connectivity index (χ2v) is 6.14. The fourth-order valence-electron chi connectivity index (χ4n) is 2.92. The Morgan fingerprint density at radius 2 is 1.78 bits per heavy atom. The lowest BCUT2D eigenvalue weighted by molar-refractivity contribution is 0.666. The highest BCUT2D eigenvalue weighted by Crippen LogP contribution is 2.46. The first-order valence-corrected chi connectivity index (χ1v) is 7.74. The Morgan fingerprint density at radius 3 is 2.52 bits per heavy atom. The van der Waals surface area contributed by atoms with Crippen molar-refractivity contribution in [2.45, 2.75) is 6.17 Å². The normalized spacial score (nSPS) is 16.1. The van der Waals surface area contributed by atoms with Crippen molar-refractivity contribution in [1.29, 1.82) is 0 Å². The number of halogens is 2. The van der Waals surface area contributed by atoms with Crippen LogP contribution in [0.3, 0.4) is 0 Å². The number of hydrogen-bond donors (Lipinski definition) is 2. The van der Waals surface area contributed by atoms with Gasteiger partial charge in [0.25, 0.3) is 0 Å². The summed E-state index contributed by atoms with van der Waals surface area (Å²) in [5, 5.41) is 1.06. The molecular formula is C16H13Cl2N5. The molecule has 1 atom stereocenters. The van der Waals surface area contributed by atoms with Crippen LogP contribution in [-0.4, -0.2) is 9.55 Å². The number of rotatable bonds is 1. The van der Waals surface area contributed by atoms with Gasteiger partial charge in [0.2, 0.25) is 0 Å². The van der Waals surface area contributed by atoms with E-state index in [-0.39, 0.29) is 0 Å². The Bertz CT molecular complexity index is 885. The van der Waals surface area contributed by atoms with Gasteiger partial charge in [-0.05, 0) is 30.3 Å². The van der Waals surface area contributed by atoms with E-state index < -0.39 is 6.17 Å². The molecule has 1 aromatic heterocycles. The maximum absolute atomic E-state index is 6.47. The lowest BCUT2D eigenvalue weighted by Gasteiger charge is -2.38. The summed E-state index contributed by atoms with van der Waals surface area (Å²) in [6, 6.07) is 11.0. The molecule has 1 unspecified atom stereocenters. The average Bonchev–Trinajstić information content (AvgIpc) is 3.00. The number of nitrogen functional groups attached to an aromatic ring is 1. The minimum atomic E-state index is -0.467. The molecule has 0 spiro atoms. The van der Waals surface area contributed by atoms with Crippen LogP contribution in [0.4, 0.5) is 17.1 Å². The van der Waals surface area contributed by atoms with Gasteiger partial charge >= 0.3 is 0 Å². The summed E-state index contributed by atoms with van der Waals surface area (Å²) >= 11 is 12.8. The number of benzene rings is 2. The number of aromatic nitrogens is 2. The molecular weight excluding hydrogens is 333 g/mol. The molecule has 1 aliphatic rings. The summed E-state index contributed by atoms with van der Waals surface area (Å²) in [7, 11) is 0. The van der Waals surface area contributed by atoms with Crippen molar-refractivity contribution < 1.29 is 0 Å². The minimum absolute atomic E-state index is 0.467. The monoisotopic (exact) mass is 345 g/mol. The molecule has 0 bridgehead atoms. The highest BCUT2D eigenvalue weighted by atomic mass is 35.5. The Kier molecular flexibility index (Phi) is 3.23. The van der Waals surface area contributed by atoms with E-state index in [0.717, 1.165) is 17.1 Å². The van der Waals surface area contributed by atoms with Gasteiger partial charge in [0.05, 0.1) is 45.3 Å². The van der Waals surface area contributed by atoms with E-state index in [4.69, 9.17) is 34.7 Å². The standard InChI is InChI=1S/C16H13Cl2N5/c17-10-2-1-3-11(18)15(10)23-12-5-4-9(19)6-13(12)22-8-21-7-14(22)16(23)20/h1-8,16H,19-20H2. The van der Waals surface area contributed by atoms with Crippen molar-refractivity contribution in [1.82, 2.24) is 9.55 Å². The molecule has 0 radical (unpaired) electrons. The van der Waals surface area contributed by atoms with E-state index in [1.165, 1.54) is 0 Å². The zero-order valence-corrected chi connectivity index (χ0v) is 13.5. The summed E-state index contributed by atoms with van der Waals surface area (Å²) < 4.78 is 1.93. The van der Waals surface area contributed by atoms with Gasteiger partial charge in [-0.3, -0.25) is 4.57 Å². The van der Waals surface area contributed by atoms with Gasteiger partial charge in [0.1, 0.15) is 6.17 Å². The smallest absolute Gasteiger partial charge is 0.125 e. The third kappa shape index (κ3) is 2.09. The largest absolute Gasteiger partial charge is 0.399 e. The van der Waals surface area contributed by atoms with Crippen molar-refractivity contribution in [3.8, 4) is 5.69 Å². The molecule has 0 saturated heterocycles. The first kappa shape index (κ1) is 14.4. The molecule has 4 rings (SSSR count). The summed E-state index contributed by atoms with van der Waals surface area (Å²) in [5.41, 5.74) is 16.3. The number of nitrogens with two attached hydrogens (primary N) is 2. The van der Waals surface area contributed by atoms with Gasteiger partial charge in [-0.25, -0.2) is 4.98 Å². The Morgan fingerprint density at radius 1 is 1.04 bits per heavy atom. The molecule has 116 valence electrons. The molecule has 3 aromatic rings. The number of hydrogen-bond acceptors (Lipinski definition) is 4. The van der Waals surface area contributed by atoms with Gasteiger partial charge in [-0.1, -0.05) is 29.3 Å². The van der Waals surface area contributed by atoms with Crippen molar-refractivity contribution in [3.05, 3.63) is 64.7 Å². The lowest BCUT2D eigenvalue weighted by Crippen LogP contribution is -2.36. The second kappa shape index (κ2) is 5.16. The summed E-state index contributed by atoms with van der Waals surface area (Å²) in [5.74, 6) is 0. The number of nitrogens with zero attached hydrogens (tertiary/aromatic N) is 3. The van der Waals surface area contributed by atoms with E-state index in [1.54, 1.807) is 30.7 Å². The third-order valence-corrected chi connectivity index (χ3v) is 4.56. The molecule has 23 heavy (non-hydrogen) atoms. The average molecular weight is 346 g/mol. The zero-order chi connectivity index (χ0) is 16.1. The summed E-state index contributed by atoms with van der Waals surface area (Å²) in [6.07, 6.45) is 2.99. The fraction of sp³-hybridized carbons (Fsp3) is 0.0625. The van der Waals surface area contributed by atoms with Crippen LogP contribution in [0.15, 0.2) is 48.9 Å². The number of anilines is 3. The molecule has 0 fully saturated rings. The van der Waals surface area contributed by atoms with Crippen LogP contribution < -0.4 is 16.4 Å². The first-order chi connectivity index (χ1) is 11.1. The molecule has 2 aromatic carbocycles. The van der Waals surface area contributed by atoms with E-state index in [9.17, 15) is 0 Å². The first-order valence-electron chi connectivity index (χ1n) is 6.99. The van der Waals surface area contributed by atoms with E-state index in [1.807, 2.05) is 27.7 Å². The molecule has 5 nitrogen and oxygen atoms in total. The summed E-state index contributed by atoms with van der Waals surface area (Å²) in [6.45, 7) is 0. The number of fused-ring (bicyclic) bond motifs is 3. The number of para-hydroxylation sites is 1. The van der Waals surface area contributed by atoms with Crippen molar-refractivity contribution in [2.24, 2.45) is 5.73 Å². The number of imidazole rings is 1. The molecule has 4 N–H and O–H groups in total. The van der Waals surface area contributed by atoms with Crippen LogP contribution in [0, 0.1) is 0 Å². The highest BCUT2D eigenvalue weighted by molar-refractivity contribution is 6.39. The van der Waals surface area contributed by atoms with Crippen LogP contribution in [0.5, 0.6) is 0 Å². The predicted molar refractivity (Wildman–Crippen MR) is 93.5 cm³/mol. The van der Waals surface area contributed by atoms with Gasteiger partial charge in [-0.15, -0.1) is 0 Å². The van der Waals surface area contributed by atoms with E-state index in [0.29, 0.717) is 21.4 Å². The molecule has 1 aliphatic heterocycles. The second-order valence-electron chi connectivity index (χ2n) is 5.32. The van der Waals surface area contributed by atoms with Gasteiger partial charge in [-0.2, -0.15) is 0 Å². The molecule has 7 heteroatoms. The van der Waals surface area contributed by atoms with Crippen LogP contribution in [-0.2, 0) is 0 Å². The van der Waals surface area contributed by atoms with Crippen LogP contribution in [0.25, 0.3) is 5.69 Å². The van der Waals surface area contributed by atoms with Crippen molar-refractivity contribution in [3.63, 3.8) is 0 Å². The maximum atomic E-state index is 6.47. The van der Waals surface area contributed by atoms with Crippen LogP contribution in [0.1, 0.15) is 11.9 Å². The van der Waals surface area contributed by atoms with Gasteiger partial charge < -0.3 is 16.4 Å². The minimum Gasteiger partial charge on any atom is -0.399 e. The maximum Gasteiger partial charge on any atom is 0.125 e. The molecule has 0 aliphatic carbocycles. The quantitative estimate of drug-likeness (QED) is 0.656. The topological polar surface area (TPSA) is 73.1 Å². The van der Waals surface area contributed by atoms with Crippen molar-refractivity contribution in [2.75, 3.05) is 10.6 Å². The highest BCUT2D eigenvalue weighted by Gasteiger charge is 2.32. The Hall–Kier alpha value is -2.21. The Balaban J connectivity index is 2.03. The van der Waals surface area contributed by atoms with E-state index >= 15 is 0 Å². The summed E-state index contributed by atoms with van der Waals surface area (Å²) in [4.78, 5) is 6.12. The van der Waals surface area contributed by atoms with Crippen LogP contribution in [0.2, 0.25) is 10.0 Å². The molecule has 2 heterocycles. The SMILES string of the molecule is Nc1ccc2c(c1)-n1cncc1C(N)N2c1c(Cl)cccc1Cl. The van der Waals surface area contributed by atoms with Crippen LogP contribution >= 0.6 is 23.2 Å². The molecule has 0 saturated carbocycles. The van der Waals surface area contributed by atoms with Crippen molar-refractivity contribution >= 4 is 40.3 Å². The van der Waals surface area contributed by atoms with E-state index in [2.05, 4.69) is 4.98 Å². The fourth-order valence-corrected chi connectivity index (χ4v) is 3.50. The zero-order valence-electron chi connectivity index (χ0n) is 11.9. The van der Waals surface area contributed by atoms with Gasteiger partial charge in [0, 0.05) is 5.69 Å². The Labute approximate surface area is 143 Å². The molecule has 0 amide bonds. The lowest BCUT2D eigenvalue weighted by atomic mass is 10.1.